The number of amides is 5. The number of fused-ring (bicyclic) bond motifs is 1. The normalized spacial score (nSPS) is 22.9. The van der Waals surface area contributed by atoms with Crippen LogP contribution in [0.4, 0.5) is 9.59 Å². The minimum atomic E-state index is -0.884. The summed E-state index contributed by atoms with van der Waals surface area (Å²) in [6.07, 6.45) is 3.97. The summed E-state index contributed by atoms with van der Waals surface area (Å²) in [6.45, 7) is 9.13. The van der Waals surface area contributed by atoms with Crippen molar-refractivity contribution < 1.29 is 43.0 Å². The number of hydrogen-bond donors (Lipinski definition) is 4. The third kappa shape index (κ3) is 9.64. The summed E-state index contributed by atoms with van der Waals surface area (Å²) in [5, 5.41) is 11.6. The highest BCUT2D eigenvalue weighted by Crippen LogP contribution is 2.43. The minimum Gasteiger partial charge on any atom is -0.453 e. The van der Waals surface area contributed by atoms with Crippen LogP contribution < -0.4 is 21.3 Å². The SMILES string of the molecule is C/C=C(\NC1=NC(C)[C@H](NC(=O)OC)C(=O)N2CCC[C@@H]12)c1ccc(-c2ccc(C(=O)CNC(=O)C3CC4(CCOCC4)CN3C(=O)[C@@H](NC(=O)OC)C(C)C)cc2)cc1. The lowest BCUT2D eigenvalue weighted by molar-refractivity contribution is -0.140. The van der Waals surface area contributed by atoms with Gasteiger partial charge in [-0.3, -0.25) is 24.2 Å². The number of carbonyl (C=O) groups is 6. The molecule has 5 amide bonds. The molecule has 16 nitrogen and oxygen atoms in total. The van der Waals surface area contributed by atoms with Crippen LogP contribution in [0.2, 0.25) is 0 Å². The van der Waals surface area contributed by atoms with Gasteiger partial charge in [-0.05, 0) is 74.0 Å². The van der Waals surface area contributed by atoms with E-state index >= 15 is 0 Å². The third-order valence-corrected chi connectivity index (χ3v) is 12.2. The highest BCUT2D eigenvalue weighted by Gasteiger charge is 2.50. The number of nitrogens with one attached hydrogen (secondary N) is 4. The summed E-state index contributed by atoms with van der Waals surface area (Å²) in [5.41, 5.74) is 3.70. The second-order valence-corrected chi connectivity index (χ2v) is 16.3. The van der Waals surface area contributed by atoms with Gasteiger partial charge in [-0.25, -0.2) is 9.59 Å². The molecule has 4 N–H and O–H groups in total. The van der Waals surface area contributed by atoms with E-state index < -0.39 is 42.3 Å². The predicted octanol–water partition coefficient (Wildman–Crippen LogP) is 3.90. The highest BCUT2D eigenvalue weighted by atomic mass is 16.5. The number of hydrogen-bond acceptors (Lipinski definition) is 11. The molecule has 6 rings (SSSR count). The zero-order valence-electron chi connectivity index (χ0n) is 35.2. The van der Waals surface area contributed by atoms with Crippen molar-refractivity contribution in [2.24, 2.45) is 16.3 Å². The summed E-state index contributed by atoms with van der Waals surface area (Å²) >= 11 is 0. The molecule has 4 aliphatic heterocycles. The van der Waals surface area contributed by atoms with Crippen molar-refractivity contribution in [3.8, 4) is 11.1 Å². The lowest BCUT2D eigenvalue weighted by Gasteiger charge is -2.34. The zero-order valence-corrected chi connectivity index (χ0v) is 35.2. The number of alkyl carbamates (subject to hydrolysis) is 2. The summed E-state index contributed by atoms with van der Waals surface area (Å²) in [5.74, 6) is -0.821. The van der Waals surface area contributed by atoms with E-state index in [1.807, 2.05) is 63.2 Å². The van der Waals surface area contributed by atoms with E-state index in [0.29, 0.717) is 57.0 Å². The molecule has 322 valence electrons. The smallest absolute Gasteiger partial charge is 0.407 e. The van der Waals surface area contributed by atoms with Gasteiger partial charge in [0.15, 0.2) is 5.78 Å². The quantitative estimate of drug-likeness (QED) is 0.241. The Morgan fingerprint density at radius 1 is 0.950 bits per heavy atom. The topological polar surface area (TPSA) is 197 Å². The fraction of sp³-hybridized carbons (Fsp3) is 0.523. The van der Waals surface area contributed by atoms with Crippen LogP contribution in [-0.2, 0) is 28.6 Å². The Hall–Kier alpha value is -5.77. The maximum absolute atomic E-state index is 13.9. The standard InChI is InChI=1S/C44H57N7O9/c1-7-32(47-38-33-9-8-20-50(33)41(55)37(27(4)46-38)49-43(57)59-6)30-14-10-28(11-15-30)29-12-16-31(17-13-29)35(52)24-45-39(53)34-23-44(18-21-60-22-19-44)25-51(34)40(54)36(26(2)3)48-42(56)58-5/h7,10-17,26-27,33-34,36-37H,8-9,18-25H2,1-6H3,(H,45,53)(H,46,47)(H,48,56)(H,49,57)/b32-7-/t27?,33-,34?,36-,37-/m0/s1. The first-order chi connectivity index (χ1) is 28.8. The van der Waals surface area contributed by atoms with E-state index in [2.05, 4.69) is 21.3 Å². The molecule has 3 fully saturated rings. The van der Waals surface area contributed by atoms with E-state index in [0.717, 1.165) is 35.2 Å². The summed E-state index contributed by atoms with van der Waals surface area (Å²) in [7, 11) is 2.50. The molecule has 60 heavy (non-hydrogen) atoms. The molecule has 16 heteroatoms. The maximum atomic E-state index is 13.9. The largest absolute Gasteiger partial charge is 0.453 e. The molecule has 3 saturated heterocycles. The molecule has 0 radical (unpaired) electrons. The first-order valence-corrected chi connectivity index (χ1v) is 20.7. The molecule has 0 saturated carbocycles. The van der Waals surface area contributed by atoms with Crippen LogP contribution in [0.3, 0.4) is 0 Å². The van der Waals surface area contributed by atoms with Gasteiger partial charge in [0.05, 0.1) is 32.8 Å². The van der Waals surface area contributed by atoms with Crippen molar-refractivity contribution in [1.29, 1.82) is 0 Å². The van der Waals surface area contributed by atoms with Crippen molar-refractivity contribution in [3.05, 3.63) is 65.7 Å². The third-order valence-electron chi connectivity index (χ3n) is 12.2. The van der Waals surface area contributed by atoms with Gasteiger partial charge in [-0.2, -0.15) is 0 Å². The van der Waals surface area contributed by atoms with Gasteiger partial charge in [-0.15, -0.1) is 0 Å². The number of likely N-dealkylation sites (tertiary alicyclic amines) is 1. The number of ketones is 1. The van der Waals surface area contributed by atoms with Crippen LogP contribution in [0.25, 0.3) is 16.8 Å². The lowest BCUT2D eigenvalue weighted by Crippen LogP contribution is -2.55. The number of carbonyl (C=O) groups excluding carboxylic acids is 6. The maximum Gasteiger partial charge on any atom is 0.407 e. The number of benzene rings is 2. The second kappa shape index (κ2) is 19.1. The summed E-state index contributed by atoms with van der Waals surface area (Å²) in [4.78, 5) is 86.8. The minimum absolute atomic E-state index is 0.181. The molecular formula is C44H57N7O9. The summed E-state index contributed by atoms with van der Waals surface area (Å²) in [6, 6.07) is 11.8. The summed E-state index contributed by atoms with van der Waals surface area (Å²) < 4.78 is 15.1. The van der Waals surface area contributed by atoms with Crippen LogP contribution >= 0.6 is 0 Å². The van der Waals surface area contributed by atoms with Crippen molar-refractivity contribution in [2.75, 3.05) is 47.1 Å². The molecule has 2 aromatic carbocycles. The molecule has 2 unspecified atom stereocenters. The Morgan fingerprint density at radius 2 is 1.58 bits per heavy atom. The lowest BCUT2D eigenvalue weighted by atomic mass is 9.78. The number of ether oxygens (including phenoxy) is 3. The van der Waals surface area contributed by atoms with Crippen molar-refractivity contribution in [2.45, 2.75) is 90.0 Å². The zero-order chi connectivity index (χ0) is 43.1. The molecule has 0 aromatic heterocycles. The van der Waals surface area contributed by atoms with E-state index in [1.54, 1.807) is 28.9 Å². The molecule has 0 aliphatic carbocycles. The molecule has 0 bridgehead atoms. The van der Waals surface area contributed by atoms with Gasteiger partial charge in [0, 0.05) is 37.6 Å². The van der Waals surface area contributed by atoms with E-state index in [-0.39, 0.29) is 41.5 Å². The first kappa shape index (κ1) is 43.8. The molecule has 2 aromatic rings. The second-order valence-electron chi connectivity index (χ2n) is 16.3. The Bertz CT molecular complexity index is 1990. The van der Waals surface area contributed by atoms with Crippen LogP contribution in [0.5, 0.6) is 0 Å². The molecule has 4 aliphatic rings. The Labute approximate surface area is 350 Å². The first-order valence-electron chi connectivity index (χ1n) is 20.7. The Morgan fingerprint density at radius 3 is 2.18 bits per heavy atom. The molecular weight excluding hydrogens is 771 g/mol. The van der Waals surface area contributed by atoms with Gasteiger partial charge in [0.25, 0.3) is 0 Å². The number of nitrogens with zero attached hydrogens (tertiary/aromatic N) is 3. The number of Topliss-reactive ketones (excluding diaryl/α,β-unsaturated/α-hetero) is 1. The van der Waals surface area contributed by atoms with Gasteiger partial charge >= 0.3 is 12.2 Å². The van der Waals surface area contributed by atoms with Crippen molar-refractivity contribution in [1.82, 2.24) is 31.1 Å². The van der Waals surface area contributed by atoms with E-state index in [1.165, 1.54) is 14.2 Å². The van der Waals surface area contributed by atoms with Crippen molar-refractivity contribution >= 4 is 47.2 Å². The van der Waals surface area contributed by atoms with Crippen molar-refractivity contribution in [3.63, 3.8) is 0 Å². The Kier molecular flexibility index (Phi) is 13.9. The molecule has 1 spiro atoms. The van der Waals surface area contributed by atoms with Gasteiger partial charge in [-0.1, -0.05) is 68.5 Å². The number of aliphatic imine (C=N–C) groups is 1. The number of rotatable bonds is 11. The van der Waals surface area contributed by atoms with Crippen LogP contribution in [0.1, 0.15) is 75.7 Å². The predicted molar refractivity (Wildman–Crippen MR) is 224 cm³/mol. The average Bonchev–Trinajstić information content (AvgIpc) is 3.88. The average molecular weight is 828 g/mol. The fourth-order valence-electron chi connectivity index (χ4n) is 8.66. The van der Waals surface area contributed by atoms with Crippen LogP contribution in [-0.4, -0.2) is 129 Å². The number of allylic oxidation sites excluding steroid dienone is 1. The number of methoxy groups -OCH3 is 2. The van der Waals surface area contributed by atoms with E-state index in [9.17, 15) is 28.8 Å². The van der Waals surface area contributed by atoms with Gasteiger partial charge in [0.2, 0.25) is 17.7 Å². The fourth-order valence-corrected chi connectivity index (χ4v) is 8.66. The van der Waals surface area contributed by atoms with Crippen LogP contribution in [0, 0.1) is 11.3 Å². The number of amidine groups is 1. The van der Waals surface area contributed by atoms with Crippen LogP contribution in [0.15, 0.2) is 59.6 Å². The monoisotopic (exact) mass is 827 g/mol. The molecule has 4 heterocycles. The Balaban J connectivity index is 1.09. The van der Waals surface area contributed by atoms with Gasteiger partial charge < -0.3 is 45.3 Å². The van der Waals surface area contributed by atoms with Gasteiger partial charge in [0.1, 0.15) is 24.0 Å². The highest BCUT2D eigenvalue weighted by molar-refractivity contribution is 6.02. The molecule has 5 atom stereocenters. The van der Waals surface area contributed by atoms with E-state index in [4.69, 9.17) is 19.2 Å².